The number of hydrogen-bond acceptors (Lipinski definition) is 4. The van der Waals surface area contributed by atoms with E-state index in [1.807, 2.05) is 19.9 Å². The Morgan fingerprint density at radius 3 is 2.40 bits per heavy atom. The number of alkyl halides is 2. The summed E-state index contributed by atoms with van der Waals surface area (Å²) in [5.74, 6) is -0.518. The summed E-state index contributed by atoms with van der Waals surface area (Å²) in [5.41, 5.74) is 0.960. The van der Waals surface area contributed by atoms with Crippen molar-refractivity contribution in [3.63, 3.8) is 0 Å². The highest BCUT2D eigenvalue weighted by Gasteiger charge is 2.36. The zero-order chi connectivity index (χ0) is 18.0. The van der Waals surface area contributed by atoms with Crippen LogP contribution in [0.2, 0.25) is 0 Å². The standard InChI is InChI=1S/C18H26F2N4O/c1-13-11-16(22-14(2)21-13)23-7-3-15(4-8-23)12-17(25)24-9-5-18(19,20)6-10-24/h11,15H,3-10,12H2,1-2H3. The molecule has 2 saturated heterocycles. The number of aryl methyl sites for hydroxylation is 2. The average Bonchev–Trinajstić information content (AvgIpc) is 2.54. The summed E-state index contributed by atoms with van der Waals surface area (Å²) in [6.07, 6.45) is 1.92. The van der Waals surface area contributed by atoms with E-state index in [0.29, 0.717) is 12.3 Å². The van der Waals surface area contributed by atoms with Gasteiger partial charge in [0.1, 0.15) is 11.6 Å². The van der Waals surface area contributed by atoms with E-state index in [1.165, 1.54) is 0 Å². The second-order valence-corrected chi connectivity index (χ2v) is 7.29. The second-order valence-electron chi connectivity index (χ2n) is 7.29. The van der Waals surface area contributed by atoms with Crippen molar-refractivity contribution in [1.82, 2.24) is 14.9 Å². The SMILES string of the molecule is Cc1cc(N2CCC(CC(=O)N3CCC(F)(F)CC3)CC2)nc(C)n1. The Hall–Kier alpha value is -1.79. The van der Waals surface area contributed by atoms with Gasteiger partial charge in [0.25, 0.3) is 5.92 Å². The van der Waals surface area contributed by atoms with E-state index in [-0.39, 0.29) is 31.8 Å². The summed E-state index contributed by atoms with van der Waals surface area (Å²) < 4.78 is 26.4. The molecule has 2 aliphatic rings. The van der Waals surface area contributed by atoms with Gasteiger partial charge < -0.3 is 9.80 Å². The Morgan fingerprint density at radius 2 is 1.80 bits per heavy atom. The molecule has 0 saturated carbocycles. The molecule has 0 unspecified atom stereocenters. The van der Waals surface area contributed by atoms with E-state index in [0.717, 1.165) is 43.3 Å². The van der Waals surface area contributed by atoms with E-state index in [2.05, 4.69) is 14.9 Å². The molecule has 2 aliphatic heterocycles. The summed E-state index contributed by atoms with van der Waals surface area (Å²) in [6, 6.07) is 1.99. The number of anilines is 1. The van der Waals surface area contributed by atoms with E-state index < -0.39 is 5.92 Å². The van der Waals surface area contributed by atoms with Gasteiger partial charge in [-0.25, -0.2) is 18.7 Å². The number of carbonyl (C=O) groups excluding carboxylic acids is 1. The lowest BCUT2D eigenvalue weighted by molar-refractivity contribution is -0.138. The van der Waals surface area contributed by atoms with Crippen molar-refractivity contribution >= 4 is 11.7 Å². The van der Waals surface area contributed by atoms with E-state index >= 15 is 0 Å². The van der Waals surface area contributed by atoms with Crippen LogP contribution in [0.3, 0.4) is 0 Å². The summed E-state index contributed by atoms with van der Waals surface area (Å²) in [7, 11) is 0. The number of aromatic nitrogens is 2. The van der Waals surface area contributed by atoms with Crippen molar-refractivity contribution in [2.75, 3.05) is 31.1 Å². The van der Waals surface area contributed by atoms with Crippen LogP contribution in [-0.4, -0.2) is 52.9 Å². The molecule has 138 valence electrons. The van der Waals surface area contributed by atoms with Crippen LogP contribution in [0.4, 0.5) is 14.6 Å². The topological polar surface area (TPSA) is 49.3 Å². The quantitative estimate of drug-likeness (QED) is 0.839. The molecular weight excluding hydrogens is 326 g/mol. The fourth-order valence-corrected chi connectivity index (χ4v) is 3.68. The fourth-order valence-electron chi connectivity index (χ4n) is 3.68. The van der Waals surface area contributed by atoms with Gasteiger partial charge in [0.2, 0.25) is 5.91 Å². The molecule has 0 bridgehead atoms. The second kappa shape index (κ2) is 7.22. The maximum absolute atomic E-state index is 13.2. The van der Waals surface area contributed by atoms with Crippen molar-refractivity contribution < 1.29 is 13.6 Å². The molecule has 1 amide bonds. The third-order valence-electron chi connectivity index (χ3n) is 5.20. The van der Waals surface area contributed by atoms with Crippen molar-refractivity contribution in [3.8, 4) is 0 Å². The van der Waals surface area contributed by atoms with Gasteiger partial charge in [0.15, 0.2) is 0 Å². The first-order valence-electron chi connectivity index (χ1n) is 9.05. The fraction of sp³-hybridized carbons (Fsp3) is 0.722. The highest BCUT2D eigenvalue weighted by Crippen LogP contribution is 2.29. The zero-order valence-electron chi connectivity index (χ0n) is 15.0. The lowest BCUT2D eigenvalue weighted by atomic mass is 9.92. The number of hydrogen-bond donors (Lipinski definition) is 0. The molecule has 0 radical (unpaired) electrons. The van der Waals surface area contributed by atoms with Gasteiger partial charge in [-0.3, -0.25) is 4.79 Å². The number of amides is 1. The Kier molecular flexibility index (Phi) is 5.20. The van der Waals surface area contributed by atoms with Crippen LogP contribution < -0.4 is 4.90 Å². The van der Waals surface area contributed by atoms with Crippen LogP contribution >= 0.6 is 0 Å². The number of likely N-dealkylation sites (tertiary alicyclic amines) is 1. The first-order valence-corrected chi connectivity index (χ1v) is 9.05. The molecule has 1 aromatic rings. The molecule has 25 heavy (non-hydrogen) atoms. The number of piperidine rings is 2. The minimum atomic E-state index is -2.60. The zero-order valence-corrected chi connectivity index (χ0v) is 15.0. The summed E-state index contributed by atoms with van der Waals surface area (Å²) >= 11 is 0. The molecule has 3 heterocycles. The number of halogens is 2. The molecule has 0 N–H and O–H groups in total. The van der Waals surface area contributed by atoms with Gasteiger partial charge in [-0.1, -0.05) is 0 Å². The Bertz CT molecular complexity index is 599. The minimum Gasteiger partial charge on any atom is -0.356 e. The smallest absolute Gasteiger partial charge is 0.251 e. The lowest BCUT2D eigenvalue weighted by Crippen LogP contribution is -2.44. The Labute approximate surface area is 147 Å². The van der Waals surface area contributed by atoms with Gasteiger partial charge in [-0.05, 0) is 32.6 Å². The largest absolute Gasteiger partial charge is 0.356 e. The lowest BCUT2D eigenvalue weighted by Gasteiger charge is -2.35. The number of rotatable bonds is 3. The third kappa shape index (κ3) is 4.64. The van der Waals surface area contributed by atoms with Crippen molar-refractivity contribution in [2.45, 2.75) is 51.9 Å². The van der Waals surface area contributed by atoms with Gasteiger partial charge >= 0.3 is 0 Å². The van der Waals surface area contributed by atoms with Gasteiger partial charge in [-0.2, -0.15) is 0 Å². The van der Waals surface area contributed by atoms with E-state index in [9.17, 15) is 13.6 Å². The molecule has 2 fully saturated rings. The van der Waals surface area contributed by atoms with E-state index in [4.69, 9.17) is 0 Å². The monoisotopic (exact) mass is 352 g/mol. The van der Waals surface area contributed by atoms with Gasteiger partial charge in [-0.15, -0.1) is 0 Å². The van der Waals surface area contributed by atoms with Crippen LogP contribution in [-0.2, 0) is 4.79 Å². The first-order chi connectivity index (χ1) is 11.8. The highest BCUT2D eigenvalue weighted by atomic mass is 19.3. The molecule has 3 rings (SSSR count). The maximum atomic E-state index is 13.2. The number of carbonyl (C=O) groups is 1. The minimum absolute atomic E-state index is 0.0303. The van der Waals surface area contributed by atoms with Gasteiger partial charge in [0, 0.05) is 57.2 Å². The van der Waals surface area contributed by atoms with Crippen LogP contribution in [0, 0.1) is 19.8 Å². The normalized spacial score (nSPS) is 21.4. The predicted molar refractivity (Wildman–Crippen MR) is 91.8 cm³/mol. The van der Waals surface area contributed by atoms with Crippen LogP contribution in [0.1, 0.15) is 43.6 Å². The Balaban J connectivity index is 1.48. The molecule has 0 aliphatic carbocycles. The molecular formula is C18H26F2N4O. The summed E-state index contributed by atoms with van der Waals surface area (Å²) in [4.78, 5) is 25.0. The van der Waals surface area contributed by atoms with Crippen molar-refractivity contribution in [2.24, 2.45) is 5.92 Å². The predicted octanol–water partition coefficient (Wildman–Crippen LogP) is 2.96. The summed E-state index contributed by atoms with van der Waals surface area (Å²) in [5, 5.41) is 0. The van der Waals surface area contributed by atoms with Crippen molar-refractivity contribution in [3.05, 3.63) is 17.6 Å². The Morgan fingerprint density at radius 1 is 1.16 bits per heavy atom. The van der Waals surface area contributed by atoms with Gasteiger partial charge in [0.05, 0.1) is 0 Å². The van der Waals surface area contributed by atoms with Crippen LogP contribution in [0.15, 0.2) is 6.07 Å². The molecule has 5 nitrogen and oxygen atoms in total. The highest BCUT2D eigenvalue weighted by molar-refractivity contribution is 5.76. The third-order valence-corrected chi connectivity index (χ3v) is 5.20. The van der Waals surface area contributed by atoms with Crippen LogP contribution in [0.25, 0.3) is 0 Å². The maximum Gasteiger partial charge on any atom is 0.251 e. The molecule has 0 spiro atoms. The van der Waals surface area contributed by atoms with Crippen molar-refractivity contribution in [1.29, 1.82) is 0 Å². The summed E-state index contributed by atoms with van der Waals surface area (Å²) in [6.45, 7) is 5.96. The molecule has 0 atom stereocenters. The van der Waals surface area contributed by atoms with Crippen LogP contribution in [0.5, 0.6) is 0 Å². The molecule has 7 heteroatoms. The first kappa shape index (κ1) is 18.0. The number of nitrogens with zero attached hydrogens (tertiary/aromatic N) is 4. The average molecular weight is 352 g/mol. The molecule has 1 aromatic heterocycles. The molecule has 0 aromatic carbocycles. The van der Waals surface area contributed by atoms with E-state index in [1.54, 1.807) is 4.90 Å².